The van der Waals surface area contributed by atoms with Gasteiger partial charge in [0.25, 0.3) is 5.91 Å². The van der Waals surface area contributed by atoms with Gasteiger partial charge in [0.15, 0.2) is 0 Å². The average molecular weight is 278 g/mol. The molecule has 0 saturated heterocycles. The third kappa shape index (κ3) is 4.73. The van der Waals surface area contributed by atoms with Gasteiger partial charge in [0.05, 0.1) is 6.21 Å². The zero-order valence-corrected chi connectivity index (χ0v) is 12.2. The van der Waals surface area contributed by atoms with Gasteiger partial charge in [0, 0.05) is 5.56 Å². The molecule has 0 aliphatic rings. The van der Waals surface area contributed by atoms with Crippen molar-refractivity contribution in [1.82, 2.24) is 5.43 Å². The van der Waals surface area contributed by atoms with Crippen molar-refractivity contribution in [3.63, 3.8) is 0 Å². The van der Waals surface area contributed by atoms with E-state index >= 15 is 0 Å². The van der Waals surface area contributed by atoms with E-state index < -0.39 is 0 Å². The summed E-state index contributed by atoms with van der Waals surface area (Å²) in [5.41, 5.74) is 6.26. The van der Waals surface area contributed by atoms with Crippen LogP contribution in [0.3, 0.4) is 0 Å². The van der Waals surface area contributed by atoms with Crippen LogP contribution in [0.15, 0.2) is 65.3 Å². The van der Waals surface area contributed by atoms with Crippen LogP contribution < -0.4 is 5.43 Å². The first-order chi connectivity index (χ1) is 10.1. The Morgan fingerprint density at radius 1 is 1.10 bits per heavy atom. The summed E-state index contributed by atoms with van der Waals surface area (Å²) in [6.45, 7) is 3.89. The predicted octanol–water partition coefficient (Wildman–Crippen LogP) is 3.81. The number of amides is 1. The number of nitrogens with zero attached hydrogens (tertiary/aromatic N) is 1. The van der Waals surface area contributed by atoms with E-state index in [0.29, 0.717) is 5.56 Å². The van der Waals surface area contributed by atoms with Crippen LogP contribution in [0.25, 0.3) is 6.08 Å². The van der Waals surface area contributed by atoms with Crippen molar-refractivity contribution < 1.29 is 4.79 Å². The highest BCUT2D eigenvalue weighted by Crippen LogP contribution is 2.05. The molecule has 3 nitrogen and oxygen atoms in total. The van der Waals surface area contributed by atoms with E-state index in [1.54, 1.807) is 12.3 Å². The zero-order valence-electron chi connectivity index (χ0n) is 12.2. The van der Waals surface area contributed by atoms with Gasteiger partial charge in [-0.15, -0.1) is 0 Å². The summed E-state index contributed by atoms with van der Waals surface area (Å²) in [5.74, 6) is -0.206. The molecule has 0 aliphatic heterocycles. The van der Waals surface area contributed by atoms with Crippen LogP contribution in [0.5, 0.6) is 0 Å². The number of nitrogens with one attached hydrogen (secondary N) is 1. The molecule has 0 spiro atoms. The molecule has 0 heterocycles. The lowest BCUT2D eigenvalue weighted by molar-refractivity contribution is 0.0955. The number of hydrogen-bond donors (Lipinski definition) is 1. The molecule has 21 heavy (non-hydrogen) atoms. The molecule has 0 saturated carbocycles. The fourth-order valence-electron chi connectivity index (χ4n) is 1.89. The van der Waals surface area contributed by atoms with Crippen molar-refractivity contribution in [3.8, 4) is 0 Å². The first-order valence-electron chi connectivity index (χ1n) is 6.78. The van der Waals surface area contributed by atoms with Crippen LogP contribution in [0.4, 0.5) is 0 Å². The predicted molar refractivity (Wildman–Crippen MR) is 87.2 cm³/mol. The number of hydrazone groups is 1. The number of carbonyl (C=O) groups is 1. The monoisotopic (exact) mass is 278 g/mol. The normalized spacial score (nSPS) is 11.6. The fraction of sp³-hybridized carbons (Fsp3) is 0.111. The maximum absolute atomic E-state index is 11.9. The largest absolute Gasteiger partial charge is 0.271 e. The molecule has 106 valence electrons. The summed E-state index contributed by atoms with van der Waals surface area (Å²) in [5, 5.41) is 3.98. The minimum absolute atomic E-state index is 0.206. The lowest BCUT2D eigenvalue weighted by Gasteiger charge is -2.00. The summed E-state index contributed by atoms with van der Waals surface area (Å²) in [6.07, 6.45) is 3.64. The van der Waals surface area contributed by atoms with Crippen LogP contribution >= 0.6 is 0 Å². The Bertz CT molecular complexity index is 673. The van der Waals surface area contributed by atoms with Gasteiger partial charge in [-0.3, -0.25) is 4.79 Å². The topological polar surface area (TPSA) is 41.5 Å². The van der Waals surface area contributed by atoms with Crippen molar-refractivity contribution in [3.05, 3.63) is 76.9 Å². The average Bonchev–Trinajstić information content (AvgIpc) is 2.48. The maximum atomic E-state index is 11.9. The van der Waals surface area contributed by atoms with Crippen LogP contribution in [-0.4, -0.2) is 12.1 Å². The second kappa shape index (κ2) is 7.20. The van der Waals surface area contributed by atoms with E-state index in [-0.39, 0.29) is 5.91 Å². The van der Waals surface area contributed by atoms with Crippen LogP contribution in [0.2, 0.25) is 0 Å². The summed E-state index contributed by atoms with van der Waals surface area (Å²) in [6, 6.07) is 17.4. The summed E-state index contributed by atoms with van der Waals surface area (Å²) in [7, 11) is 0. The highest BCUT2D eigenvalue weighted by atomic mass is 16.2. The van der Waals surface area contributed by atoms with Crippen molar-refractivity contribution in [2.75, 3.05) is 0 Å². The van der Waals surface area contributed by atoms with E-state index in [0.717, 1.165) is 16.7 Å². The summed E-state index contributed by atoms with van der Waals surface area (Å²) in [4.78, 5) is 11.9. The van der Waals surface area contributed by atoms with Gasteiger partial charge in [-0.25, -0.2) is 5.43 Å². The third-order valence-corrected chi connectivity index (χ3v) is 2.91. The van der Waals surface area contributed by atoms with E-state index in [2.05, 4.69) is 10.5 Å². The number of aryl methyl sites for hydroxylation is 1. The molecule has 0 fully saturated rings. The lowest BCUT2D eigenvalue weighted by atomic mass is 10.1. The molecule has 0 bridgehead atoms. The zero-order chi connectivity index (χ0) is 15.1. The molecular weight excluding hydrogens is 260 g/mol. The number of carbonyl (C=O) groups excluding carboxylic acids is 1. The second-order valence-electron chi connectivity index (χ2n) is 4.87. The standard InChI is InChI=1S/C18H18N2O/c1-14-7-6-10-17(12-14)18(21)20-19-13-15(2)11-16-8-4-3-5-9-16/h3-13H,1-2H3,(H,20,21)/b15-11-,19-13-. The summed E-state index contributed by atoms with van der Waals surface area (Å²) >= 11 is 0. The maximum Gasteiger partial charge on any atom is 0.271 e. The van der Waals surface area contributed by atoms with Gasteiger partial charge in [-0.05, 0) is 37.1 Å². The van der Waals surface area contributed by atoms with E-state index in [1.807, 2.05) is 68.5 Å². The Morgan fingerprint density at radius 2 is 1.86 bits per heavy atom. The fourth-order valence-corrected chi connectivity index (χ4v) is 1.89. The van der Waals surface area contributed by atoms with Crippen LogP contribution in [0.1, 0.15) is 28.4 Å². The Balaban J connectivity index is 1.96. The van der Waals surface area contributed by atoms with Crippen molar-refractivity contribution in [2.24, 2.45) is 5.10 Å². The smallest absolute Gasteiger partial charge is 0.267 e. The Hall–Kier alpha value is -2.68. The molecule has 1 N–H and O–H groups in total. The SMILES string of the molecule is CC(/C=N\NC(=O)c1cccc(C)c1)=C/c1ccccc1. The molecule has 3 heteroatoms. The van der Waals surface area contributed by atoms with Gasteiger partial charge >= 0.3 is 0 Å². The molecular formula is C18H18N2O. The van der Waals surface area contributed by atoms with Crippen LogP contribution in [-0.2, 0) is 0 Å². The molecule has 2 rings (SSSR count). The number of hydrogen-bond acceptors (Lipinski definition) is 2. The van der Waals surface area contributed by atoms with Crippen molar-refractivity contribution >= 4 is 18.2 Å². The number of allylic oxidation sites excluding steroid dienone is 1. The van der Waals surface area contributed by atoms with Crippen LogP contribution in [0, 0.1) is 6.92 Å². The quantitative estimate of drug-likeness (QED) is 0.670. The molecule has 0 aliphatic carbocycles. The molecule has 0 aromatic heterocycles. The van der Waals surface area contributed by atoms with E-state index in [9.17, 15) is 4.79 Å². The second-order valence-corrected chi connectivity index (χ2v) is 4.87. The van der Waals surface area contributed by atoms with Crippen molar-refractivity contribution in [2.45, 2.75) is 13.8 Å². The first-order valence-corrected chi connectivity index (χ1v) is 6.78. The molecule has 2 aromatic carbocycles. The first kappa shape index (κ1) is 14.7. The lowest BCUT2D eigenvalue weighted by Crippen LogP contribution is -2.17. The van der Waals surface area contributed by atoms with E-state index in [1.165, 1.54) is 0 Å². The molecule has 0 radical (unpaired) electrons. The van der Waals surface area contributed by atoms with E-state index in [4.69, 9.17) is 0 Å². The summed E-state index contributed by atoms with van der Waals surface area (Å²) < 4.78 is 0. The Morgan fingerprint density at radius 3 is 2.57 bits per heavy atom. The molecule has 0 atom stereocenters. The molecule has 0 unspecified atom stereocenters. The van der Waals surface area contributed by atoms with Gasteiger partial charge in [-0.2, -0.15) is 5.10 Å². The van der Waals surface area contributed by atoms with Gasteiger partial charge in [0.1, 0.15) is 0 Å². The van der Waals surface area contributed by atoms with Gasteiger partial charge < -0.3 is 0 Å². The third-order valence-electron chi connectivity index (χ3n) is 2.91. The number of benzene rings is 2. The van der Waals surface area contributed by atoms with Gasteiger partial charge in [0.2, 0.25) is 0 Å². The van der Waals surface area contributed by atoms with Gasteiger partial charge in [-0.1, -0.05) is 54.1 Å². The highest BCUT2D eigenvalue weighted by molar-refractivity contribution is 5.95. The Kier molecular flexibility index (Phi) is 5.04. The minimum Gasteiger partial charge on any atom is -0.267 e. The number of rotatable bonds is 4. The van der Waals surface area contributed by atoms with Crippen molar-refractivity contribution in [1.29, 1.82) is 0 Å². The molecule has 1 amide bonds. The Labute approximate surface area is 125 Å². The highest BCUT2D eigenvalue weighted by Gasteiger charge is 2.02. The molecule has 2 aromatic rings. The minimum atomic E-state index is -0.206.